The van der Waals surface area contributed by atoms with Crippen molar-refractivity contribution in [1.29, 1.82) is 0 Å². The van der Waals surface area contributed by atoms with E-state index in [1.807, 2.05) is 11.8 Å². The number of alkyl halides is 3. The van der Waals surface area contributed by atoms with Crippen LogP contribution in [-0.2, 0) is 16.8 Å². The normalized spacial score (nSPS) is 24.0. The molecule has 1 aromatic carbocycles. The van der Waals surface area contributed by atoms with Crippen LogP contribution in [0.15, 0.2) is 12.1 Å². The average Bonchev–Trinajstić information content (AvgIpc) is 3.80. The lowest BCUT2D eigenvalue weighted by atomic mass is 9.99. The number of carbonyl (C=O) groups excluding carboxylic acids is 1. The maximum atomic E-state index is 15.5. The monoisotopic (exact) mass is 546 g/mol. The van der Waals surface area contributed by atoms with Crippen LogP contribution in [0.1, 0.15) is 92.5 Å². The van der Waals surface area contributed by atoms with Crippen molar-refractivity contribution in [2.24, 2.45) is 5.92 Å². The largest absolute Gasteiger partial charge is 0.400 e. The van der Waals surface area contributed by atoms with Gasteiger partial charge in [0.05, 0.1) is 11.4 Å². The van der Waals surface area contributed by atoms with Gasteiger partial charge in [-0.1, -0.05) is 18.9 Å². The summed E-state index contributed by atoms with van der Waals surface area (Å²) < 4.78 is 59.3. The second-order valence-corrected chi connectivity index (χ2v) is 12.4. The zero-order chi connectivity index (χ0) is 27.7. The summed E-state index contributed by atoms with van der Waals surface area (Å²) in [6.07, 6.45) is 1.67. The SMILES string of the molecule is Cc1c(CN2CCN(C(=O)C3CCCC3)[C@H](C)C2)ccc(F)c1-n1c(C2CC2)nc(C2(C(F)(F)F)CC2)c1C. The van der Waals surface area contributed by atoms with Crippen LogP contribution in [0.5, 0.6) is 0 Å². The van der Waals surface area contributed by atoms with E-state index in [1.54, 1.807) is 17.6 Å². The van der Waals surface area contributed by atoms with E-state index in [2.05, 4.69) is 16.8 Å². The van der Waals surface area contributed by atoms with Gasteiger partial charge < -0.3 is 4.90 Å². The Morgan fingerprint density at radius 2 is 1.77 bits per heavy atom. The van der Waals surface area contributed by atoms with Crippen LogP contribution in [0.25, 0.3) is 5.69 Å². The summed E-state index contributed by atoms with van der Waals surface area (Å²) in [6.45, 7) is 8.37. The van der Waals surface area contributed by atoms with Crippen LogP contribution < -0.4 is 0 Å². The quantitative estimate of drug-likeness (QED) is 0.398. The highest BCUT2D eigenvalue weighted by Crippen LogP contribution is 2.60. The second-order valence-electron chi connectivity index (χ2n) is 12.4. The van der Waals surface area contributed by atoms with Crippen LogP contribution in [0.3, 0.4) is 0 Å². The summed E-state index contributed by atoms with van der Waals surface area (Å²) in [5, 5.41) is 0. The molecule has 4 aliphatic rings. The van der Waals surface area contributed by atoms with Crippen LogP contribution >= 0.6 is 0 Å². The van der Waals surface area contributed by atoms with E-state index in [1.165, 1.54) is 6.07 Å². The number of carbonyl (C=O) groups is 1. The maximum absolute atomic E-state index is 15.5. The number of hydrogen-bond donors (Lipinski definition) is 0. The summed E-state index contributed by atoms with van der Waals surface area (Å²) in [6, 6.07) is 3.33. The average molecular weight is 547 g/mol. The first-order valence-electron chi connectivity index (χ1n) is 14.5. The maximum Gasteiger partial charge on any atom is 0.400 e. The Morgan fingerprint density at radius 1 is 1.08 bits per heavy atom. The molecule has 0 spiro atoms. The van der Waals surface area contributed by atoms with Gasteiger partial charge in [-0.05, 0) is 76.5 Å². The molecule has 1 aromatic heterocycles. The minimum atomic E-state index is -4.37. The molecule has 39 heavy (non-hydrogen) atoms. The highest BCUT2D eigenvalue weighted by Gasteiger charge is 2.66. The van der Waals surface area contributed by atoms with E-state index in [0.29, 0.717) is 30.3 Å². The molecule has 0 N–H and O–H groups in total. The number of aromatic nitrogens is 2. The Morgan fingerprint density at radius 3 is 2.36 bits per heavy atom. The van der Waals surface area contributed by atoms with Crippen LogP contribution in [0.4, 0.5) is 17.6 Å². The van der Waals surface area contributed by atoms with Gasteiger partial charge in [-0.15, -0.1) is 0 Å². The fraction of sp³-hybridized carbons (Fsp3) is 0.667. The zero-order valence-corrected chi connectivity index (χ0v) is 23.1. The first-order valence-corrected chi connectivity index (χ1v) is 14.5. The van der Waals surface area contributed by atoms with Crippen LogP contribution in [-0.4, -0.2) is 57.1 Å². The van der Waals surface area contributed by atoms with Gasteiger partial charge in [0.25, 0.3) is 0 Å². The Bertz CT molecular complexity index is 1270. The van der Waals surface area contributed by atoms with Gasteiger partial charge in [-0.2, -0.15) is 13.2 Å². The minimum absolute atomic E-state index is 0.0351. The number of halogens is 4. The highest BCUT2D eigenvalue weighted by atomic mass is 19.4. The number of hydrogen-bond acceptors (Lipinski definition) is 3. The Hall–Kier alpha value is -2.42. The van der Waals surface area contributed by atoms with E-state index in [4.69, 9.17) is 0 Å². The minimum Gasteiger partial charge on any atom is -0.337 e. The zero-order valence-electron chi connectivity index (χ0n) is 23.1. The molecular weight excluding hydrogens is 508 g/mol. The first-order chi connectivity index (χ1) is 18.5. The molecule has 5 nitrogen and oxygen atoms in total. The lowest BCUT2D eigenvalue weighted by Gasteiger charge is -2.41. The Kier molecular flexibility index (Phi) is 6.59. The second kappa shape index (κ2) is 9.60. The predicted octanol–water partition coefficient (Wildman–Crippen LogP) is 6.32. The van der Waals surface area contributed by atoms with Gasteiger partial charge in [0.2, 0.25) is 5.91 Å². The van der Waals surface area contributed by atoms with Crippen molar-refractivity contribution in [3.05, 3.63) is 46.3 Å². The van der Waals surface area contributed by atoms with Crippen molar-refractivity contribution in [3.63, 3.8) is 0 Å². The van der Waals surface area contributed by atoms with Crippen molar-refractivity contribution in [2.75, 3.05) is 19.6 Å². The summed E-state index contributed by atoms with van der Waals surface area (Å²) in [5.74, 6) is 0.630. The van der Waals surface area contributed by atoms with Gasteiger partial charge >= 0.3 is 6.18 Å². The number of imidazole rings is 1. The molecule has 2 heterocycles. The van der Waals surface area contributed by atoms with Gasteiger partial charge in [0.1, 0.15) is 17.1 Å². The van der Waals surface area contributed by atoms with Crippen molar-refractivity contribution in [2.45, 2.75) is 102 Å². The molecule has 212 valence electrons. The lowest BCUT2D eigenvalue weighted by molar-refractivity contribution is -0.161. The number of nitrogens with zero attached hydrogens (tertiary/aromatic N) is 4. The fourth-order valence-corrected chi connectivity index (χ4v) is 6.96. The van der Waals surface area contributed by atoms with E-state index < -0.39 is 17.4 Å². The summed E-state index contributed by atoms with van der Waals surface area (Å²) in [5.41, 5.74) is 0.573. The van der Waals surface area contributed by atoms with Crippen LogP contribution in [0, 0.1) is 25.6 Å². The van der Waals surface area contributed by atoms with Crippen molar-refractivity contribution in [3.8, 4) is 5.69 Å². The molecule has 1 amide bonds. The topological polar surface area (TPSA) is 41.4 Å². The smallest absolute Gasteiger partial charge is 0.337 e. The Balaban J connectivity index is 1.28. The third kappa shape index (κ3) is 4.58. The fourth-order valence-electron chi connectivity index (χ4n) is 6.96. The molecule has 9 heteroatoms. The lowest BCUT2D eigenvalue weighted by Crippen LogP contribution is -2.54. The number of benzene rings is 1. The molecule has 1 saturated heterocycles. The van der Waals surface area contributed by atoms with Crippen LogP contribution in [0.2, 0.25) is 0 Å². The van der Waals surface area contributed by atoms with Gasteiger partial charge in [-0.3, -0.25) is 14.3 Å². The van der Waals surface area contributed by atoms with E-state index in [-0.39, 0.29) is 42.3 Å². The van der Waals surface area contributed by atoms with E-state index in [0.717, 1.165) is 62.7 Å². The Labute approximate surface area is 227 Å². The van der Waals surface area contributed by atoms with Gasteiger partial charge in [-0.25, -0.2) is 9.37 Å². The number of rotatable bonds is 6. The molecule has 0 unspecified atom stereocenters. The summed E-state index contributed by atoms with van der Waals surface area (Å²) in [4.78, 5) is 21.9. The molecule has 1 atom stereocenters. The summed E-state index contributed by atoms with van der Waals surface area (Å²) in [7, 11) is 0. The predicted molar refractivity (Wildman–Crippen MR) is 140 cm³/mol. The van der Waals surface area contributed by atoms with E-state index >= 15 is 4.39 Å². The number of piperazine rings is 1. The molecular formula is C30H38F4N4O. The highest BCUT2D eigenvalue weighted by molar-refractivity contribution is 5.79. The molecule has 4 fully saturated rings. The molecule has 2 aromatic rings. The first kappa shape index (κ1) is 26.8. The molecule has 0 radical (unpaired) electrons. The van der Waals surface area contributed by atoms with Crippen molar-refractivity contribution < 1.29 is 22.4 Å². The summed E-state index contributed by atoms with van der Waals surface area (Å²) >= 11 is 0. The van der Waals surface area contributed by atoms with Crippen molar-refractivity contribution >= 4 is 5.91 Å². The van der Waals surface area contributed by atoms with E-state index in [9.17, 15) is 18.0 Å². The molecule has 3 saturated carbocycles. The molecule has 3 aliphatic carbocycles. The molecule has 0 bridgehead atoms. The van der Waals surface area contributed by atoms with Crippen molar-refractivity contribution in [1.82, 2.24) is 19.4 Å². The molecule has 1 aliphatic heterocycles. The third-order valence-corrected chi connectivity index (χ3v) is 9.63. The third-order valence-electron chi connectivity index (χ3n) is 9.63. The van der Waals surface area contributed by atoms with Gasteiger partial charge in [0.15, 0.2) is 0 Å². The number of amides is 1. The van der Waals surface area contributed by atoms with Gasteiger partial charge in [0, 0.05) is 49.8 Å². The standard InChI is InChI=1S/C30H38F4N4O/c1-18-16-36(14-15-37(18)28(39)22-6-4-5-7-22)17-23-10-11-24(31)25(19(23)2)38-20(3)26(35-27(38)21-8-9-21)29(12-13-29)30(32,33)34/h10-11,18,21-22H,4-9,12-17H2,1-3H3/t18-/m1/s1. The molecule has 6 rings (SSSR count).